The van der Waals surface area contributed by atoms with Gasteiger partial charge in [0.1, 0.15) is 0 Å². The number of anilines is 1. The summed E-state index contributed by atoms with van der Waals surface area (Å²) < 4.78 is 5.26. The van der Waals surface area contributed by atoms with Crippen molar-refractivity contribution < 1.29 is 14.3 Å². The van der Waals surface area contributed by atoms with Crippen molar-refractivity contribution >= 4 is 17.5 Å². The van der Waals surface area contributed by atoms with Crippen LogP contribution in [0.1, 0.15) is 12.8 Å². The number of benzene rings is 1. The number of rotatable bonds is 4. The Hall–Kier alpha value is -2.08. The van der Waals surface area contributed by atoms with Crippen LogP contribution in [0.3, 0.4) is 0 Å². The number of ether oxygens (including phenoxy) is 1. The second kappa shape index (κ2) is 8.15. The van der Waals surface area contributed by atoms with E-state index in [1.807, 2.05) is 23.1 Å². The van der Waals surface area contributed by atoms with Gasteiger partial charge in [0.25, 0.3) is 0 Å². The Bertz CT molecular complexity index is 550. The van der Waals surface area contributed by atoms with Gasteiger partial charge in [-0.05, 0) is 25.0 Å². The van der Waals surface area contributed by atoms with E-state index >= 15 is 0 Å². The molecule has 0 spiro atoms. The van der Waals surface area contributed by atoms with Gasteiger partial charge >= 0.3 is 0 Å². The molecule has 6 heteroatoms. The Morgan fingerprint density at radius 3 is 2.38 bits per heavy atom. The molecular formula is C18H25N3O3. The lowest BCUT2D eigenvalue weighted by Gasteiger charge is -2.36. The maximum atomic E-state index is 12.3. The zero-order chi connectivity index (χ0) is 16.8. The molecule has 0 unspecified atom stereocenters. The lowest BCUT2D eigenvalue weighted by Crippen LogP contribution is -2.51. The average Bonchev–Trinajstić information content (AvgIpc) is 2.67. The Kier molecular flexibility index (Phi) is 5.69. The first-order valence-electron chi connectivity index (χ1n) is 8.67. The number of hydrogen-bond acceptors (Lipinski definition) is 4. The molecule has 1 N–H and O–H groups in total. The van der Waals surface area contributed by atoms with Crippen LogP contribution in [-0.4, -0.2) is 62.7 Å². The maximum absolute atomic E-state index is 12.3. The lowest BCUT2D eigenvalue weighted by molar-refractivity contribution is -0.135. The SMILES string of the molecule is O=C(NCC(=O)N1CCN(c2ccccc2)CC1)C1CCOCC1. The quantitative estimate of drug-likeness (QED) is 0.890. The normalized spacial score (nSPS) is 19.2. The van der Waals surface area contributed by atoms with Crippen molar-refractivity contribution in [3.63, 3.8) is 0 Å². The molecule has 1 aromatic carbocycles. The molecule has 0 atom stereocenters. The molecule has 1 aromatic rings. The van der Waals surface area contributed by atoms with Gasteiger partial charge < -0.3 is 19.9 Å². The topological polar surface area (TPSA) is 61.9 Å². The van der Waals surface area contributed by atoms with E-state index in [2.05, 4.69) is 22.3 Å². The molecule has 2 aliphatic heterocycles. The fourth-order valence-corrected chi connectivity index (χ4v) is 3.23. The van der Waals surface area contributed by atoms with E-state index in [-0.39, 0.29) is 24.3 Å². The minimum absolute atomic E-state index is 0.00289. The molecule has 130 valence electrons. The van der Waals surface area contributed by atoms with Crippen molar-refractivity contribution in [2.75, 3.05) is 50.8 Å². The molecule has 3 rings (SSSR count). The maximum Gasteiger partial charge on any atom is 0.242 e. The van der Waals surface area contributed by atoms with Crippen molar-refractivity contribution in [3.05, 3.63) is 30.3 Å². The van der Waals surface area contributed by atoms with Crippen LogP contribution < -0.4 is 10.2 Å². The van der Waals surface area contributed by atoms with Gasteiger partial charge in [0, 0.05) is 51.0 Å². The fourth-order valence-electron chi connectivity index (χ4n) is 3.23. The van der Waals surface area contributed by atoms with Gasteiger partial charge in [-0.2, -0.15) is 0 Å². The van der Waals surface area contributed by atoms with Crippen LogP contribution in [0.25, 0.3) is 0 Å². The van der Waals surface area contributed by atoms with Gasteiger partial charge in [-0.25, -0.2) is 0 Å². The molecule has 0 aromatic heterocycles. The number of hydrogen-bond donors (Lipinski definition) is 1. The Morgan fingerprint density at radius 2 is 1.71 bits per heavy atom. The monoisotopic (exact) mass is 331 g/mol. The summed E-state index contributed by atoms with van der Waals surface area (Å²) in [5.74, 6) is -0.0285. The van der Waals surface area contributed by atoms with E-state index in [1.165, 1.54) is 5.69 Å². The lowest BCUT2D eigenvalue weighted by atomic mass is 9.99. The third-order valence-electron chi connectivity index (χ3n) is 4.76. The highest BCUT2D eigenvalue weighted by Gasteiger charge is 2.24. The van der Waals surface area contributed by atoms with E-state index in [0.717, 1.165) is 25.9 Å². The summed E-state index contributed by atoms with van der Waals surface area (Å²) >= 11 is 0. The van der Waals surface area contributed by atoms with E-state index in [9.17, 15) is 9.59 Å². The Morgan fingerprint density at radius 1 is 1.04 bits per heavy atom. The smallest absolute Gasteiger partial charge is 0.242 e. The summed E-state index contributed by atoms with van der Waals surface area (Å²) in [5.41, 5.74) is 1.19. The van der Waals surface area contributed by atoms with Crippen LogP contribution in [0.5, 0.6) is 0 Å². The first-order valence-corrected chi connectivity index (χ1v) is 8.67. The molecule has 0 aliphatic carbocycles. The molecule has 2 amide bonds. The largest absolute Gasteiger partial charge is 0.381 e. The summed E-state index contributed by atoms with van der Waals surface area (Å²) in [4.78, 5) is 28.5. The summed E-state index contributed by atoms with van der Waals surface area (Å²) in [6, 6.07) is 10.2. The zero-order valence-electron chi connectivity index (χ0n) is 13.9. The van der Waals surface area contributed by atoms with Crippen molar-refractivity contribution in [3.8, 4) is 0 Å². The molecule has 0 saturated carbocycles. The predicted molar refractivity (Wildman–Crippen MR) is 91.8 cm³/mol. The van der Waals surface area contributed by atoms with Crippen LogP contribution in [0.2, 0.25) is 0 Å². The minimum atomic E-state index is -0.0189. The van der Waals surface area contributed by atoms with Crippen molar-refractivity contribution in [1.82, 2.24) is 10.2 Å². The van der Waals surface area contributed by atoms with Crippen molar-refractivity contribution in [2.24, 2.45) is 5.92 Å². The van der Waals surface area contributed by atoms with Crippen LogP contribution in [0.15, 0.2) is 30.3 Å². The van der Waals surface area contributed by atoms with E-state index in [0.29, 0.717) is 26.3 Å². The number of nitrogens with zero attached hydrogens (tertiary/aromatic N) is 2. The molecule has 0 bridgehead atoms. The van der Waals surface area contributed by atoms with Crippen LogP contribution >= 0.6 is 0 Å². The van der Waals surface area contributed by atoms with Crippen LogP contribution in [0, 0.1) is 5.92 Å². The van der Waals surface area contributed by atoms with Gasteiger partial charge in [-0.15, -0.1) is 0 Å². The van der Waals surface area contributed by atoms with Crippen LogP contribution in [0.4, 0.5) is 5.69 Å². The number of piperazine rings is 1. The standard InChI is InChI=1S/C18H25N3O3/c22-17(14-19-18(23)15-6-12-24-13-7-15)21-10-8-20(9-11-21)16-4-2-1-3-5-16/h1-5,15H,6-14H2,(H,19,23). The predicted octanol–water partition coefficient (Wildman–Crippen LogP) is 0.878. The second-order valence-electron chi connectivity index (χ2n) is 6.31. The molecule has 2 aliphatic rings. The third kappa shape index (κ3) is 4.26. The Balaban J connectivity index is 1.41. The average molecular weight is 331 g/mol. The molecular weight excluding hydrogens is 306 g/mol. The minimum Gasteiger partial charge on any atom is -0.381 e. The van der Waals surface area contributed by atoms with E-state index in [4.69, 9.17) is 4.74 Å². The number of carbonyl (C=O) groups is 2. The van der Waals surface area contributed by atoms with Crippen LogP contribution in [-0.2, 0) is 14.3 Å². The highest BCUT2D eigenvalue weighted by molar-refractivity contribution is 5.86. The number of carbonyl (C=O) groups excluding carboxylic acids is 2. The highest BCUT2D eigenvalue weighted by Crippen LogP contribution is 2.16. The van der Waals surface area contributed by atoms with Crippen molar-refractivity contribution in [1.29, 1.82) is 0 Å². The van der Waals surface area contributed by atoms with Crippen molar-refractivity contribution in [2.45, 2.75) is 12.8 Å². The number of para-hydroxylation sites is 1. The van der Waals surface area contributed by atoms with E-state index < -0.39 is 0 Å². The molecule has 2 heterocycles. The molecule has 2 fully saturated rings. The van der Waals surface area contributed by atoms with Gasteiger partial charge in [0.2, 0.25) is 11.8 Å². The molecule has 2 saturated heterocycles. The molecule has 6 nitrogen and oxygen atoms in total. The molecule has 24 heavy (non-hydrogen) atoms. The first kappa shape index (κ1) is 16.8. The summed E-state index contributed by atoms with van der Waals surface area (Å²) in [5, 5.41) is 2.79. The fraction of sp³-hybridized carbons (Fsp3) is 0.556. The molecule has 0 radical (unpaired) electrons. The third-order valence-corrected chi connectivity index (χ3v) is 4.76. The summed E-state index contributed by atoms with van der Waals surface area (Å²) in [7, 11) is 0. The Labute approximate surface area is 142 Å². The number of amides is 2. The van der Waals surface area contributed by atoms with Gasteiger partial charge in [-0.1, -0.05) is 18.2 Å². The van der Waals surface area contributed by atoms with Gasteiger partial charge in [-0.3, -0.25) is 9.59 Å². The van der Waals surface area contributed by atoms with E-state index in [1.54, 1.807) is 0 Å². The summed E-state index contributed by atoms with van der Waals surface area (Å²) in [6.45, 7) is 4.40. The second-order valence-corrected chi connectivity index (χ2v) is 6.31. The highest BCUT2D eigenvalue weighted by atomic mass is 16.5. The summed E-state index contributed by atoms with van der Waals surface area (Å²) in [6.07, 6.45) is 1.49. The van der Waals surface area contributed by atoms with Gasteiger partial charge in [0.05, 0.1) is 6.54 Å². The van der Waals surface area contributed by atoms with Gasteiger partial charge in [0.15, 0.2) is 0 Å². The first-order chi connectivity index (χ1) is 11.7. The number of nitrogens with one attached hydrogen (secondary N) is 1. The zero-order valence-corrected chi connectivity index (χ0v) is 13.9.